The highest BCUT2D eigenvalue weighted by atomic mass is 32.2. The van der Waals surface area contributed by atoms with Crippen LogP contribution in [0.25, 0.3) is 10.8 Å². The van der Waals surface area contributed by atoms with Crippen molar-refractivity contribution < 1.29 is 8.42 Å². The molecular weight excluding hydrogens is 284 g/mol. The van der Waals surface area contributed by atoms with Gasteiger partial charge in [0, 0.05) is 37.3 Å². The van der Waals surface area contributed by atoms with E-state index in [9.17, 15) is 8.42 Å². The van der Waals surface area contributed by atoms with Gasteiger partial charge in [-0.25, -0.2) is 8.42 Å². The third-order valence-electron chi connectivity index (χ3n) is 4.10. The fraction of sp³-hybridized carbons (Fsp3) is 0.375. The molecular formula is C16H20N2O2S. The molecule has 21 heavy (non-hydrogen) atoms. The highest BCUT2D eigenvalue weighted by Gasteiger charge is 2.25. The highest BCUT2D eigenvalue weighted by Crippen LogP contribution is 2.27. The Morgan fingerprint density at radius 2 is 1.62 bits per heavy atom. The van der Waals surface area contributed by atoms with Crippen molar-refractivity contribution in [1.82, 2.24) is 4.31 Å². The molecule has 0 saturated carbocycles. The summed E-state index contributed by atoms with van der Waals surface area (Å²) in [5.74, 6) is 0.182. The van der Waals surface area contributed by atoms with Crippen LogP contribution in [-0.2, 0) is 10.0 Å². The van der Waals surface area contributed by atoms with Gasteiger partial charge in [0.25, 0.3) is 0 Å². The fourth-order valence-electron chi connectivity index (χ4n) is 2.87. The topological polar surface area (TPSA) is 40.6 Å². The van der Waals surface area contributed by atoms with E-state index in [1.54, 1.807) is 11.2 Å². The number of nitrogens with zero attached hydrogens (tertiary/aromatic N) is 2. The van der Waals surface area contributed by atoms with Gasteiger partial charge in [0.1, 0.15) is 0 Å². The lowest BCUT2D eigenvalue weighted by Gasteiger charge is -2.35. The van der Waals surface area contributed by atoms with E-state index >= 15 is 0 Å². The molecule has 0 aliphatic carbocycles. The third kappa shape index (κ3) is 2.76. The Kier molecular flexibility index (Phi) is 3.87. The first-order valence-corrected chi connectivity index (χ1v) is 8.93. The Balaban J connectivity index is 1.83. The van der Waals surface area contributed by atoms with Gasteiger partial charge in [-0.2, -0.15) is 4.31 Å². The van der Waals surface area contributed by atoms with Crippen LogP contribution in [0.3, 0.4) is 0 Å². The molecule has 1 aliphatic rings. The van der Waals surface area contributed by atoms with E-state index in [0.29, 0.717) is 13.1 Å². The van der Waals surface area contributed by atoms with Gasteiger partial charge < -0.3 is 4.90 Å². The van der Waals surface area contributed by atoms with Crippen LogP contribution < -0.4 is 4.90 Å². The van der Waals surface area contributed by atoms with Crippen LogP contribution in [-0.4, -0.2) is 44.7 Å². The fourth-order valence-corrected chi connectivity index (χ4v) is 3.96. The van der Waals surface area contributed by atoms with Gasteiger partial charge >= 0.3 is 0 Å². The maximum atomic E-state index is 11.9. The Bertz CT molecular complexity index is 730. The predicted octanol–water partition coefficient (Wildman–Crippen LogP) is 2.31. The Labute approximate surface area is 126 Å². The van der Waals surface area contributed by atoms with Crippen molar-refractivity contribution in [3.05, 3.63) is 42.5 Å². The maximum Gasteiger partial charge on any atom is 0.213 e. The molecule has 0 spiro atoms. The molecule has 1 aliphatic heterocycles. The van der Waals surface area contributed by atoms with Crippen molar-refractivity contribution in [2.45, 2.75) is 6.92 Å². The van der Waals surface area contributed by atoms with Crippen LogP contribution in [0.15, 0.2) is 42.5 Å². The number of piperazine rings is 1. The largest absolute Gasteiger partial charge is 0.368 e. The summed E-state index contributed by atoms with van der Waals surface area (Å²) in [6.45, 7) is 4.33. The molecule has 0 amide bonds. The van der Waals surface area contributed by atoms with E-state index in [4.69, 9.17) is 0 Å². The molecule has 0 aromatic heterocycles. The van der Waals surface area contributed by atoms with Crippen LogP contribution in [0.1, 0.15) is 6.92 Å². The molecule has 0 N–H and O–H groups in total. The number of hydrogen-bond donors (Lipinski definition) is 0. The summed E-state index contributed by atoms with van der Waals surface area (Å²) in [6, 6.07) is 14.6. The second kappa shape index (κ2) is 5.66. The van der Waals surface area contributed by atoms with Crippen LogP contribution >= 0.6 is 0 Å². The molecule has 0 bridgehead atoms. The van der Waals surface area contributed by atoms with E-state index in [-0.39, 0.29) is 5.75 Å². The van der Waals surface area contributed by atoms with Gasteiger partial charge in [-0.1, -0.05) is 36.4 Å². The zero-order chi connectivity index (χ0) is 14.9. The summed E-state index contributed by atoms with van der Waals surface area (Å²) in [7, 11) is -3.06. The first-order valence-electron chi connectivity index (χ1n) is 7.32. The van der Waals surface area contributed by atoms with E-state index in [1.807, 2.05) is 12.1 Å². The average Bonchev–Trinajstić information content (AvgIpc) is 2.54. The molecule has 0 unspecified atom stereocenters. The monoisotopic (exact) mass is 304 g/mol. The summed E-state index contributed by atoms with van der Waals surface area (Å²) in [4.78, 5) is 2.28. The zero-order valence-electron chi connectivity index (χ0n) is 12.2. The second-order valence-corrected chi connectivity index (χ2v) is 7.54. The second-order valence-electron chi connectivity index (χ2n) is 5.28. The average molecular weight is 304 g/mol. The quantitative estimate of drug-likeness (QED) is 0.874. The highest BCUT2D eigenvalue weighted by molar-refractivity contribution is 7.89. The van der Waals surface area contributed by atoms with Gasteiger partial charge in [0.2, 0.25) is 10.0 Å². The summed E-state index contributed by atoms with van der Waals surface area (Å²) in [6.07, 6.45) is 0. The minimum atomic E-state index is -3.06. The van der Waals surface area contributed by atoms with Crippen molar-refractivity contribution in [1.29, 1.82) is 0 Å². The first-order chi connectivity index (χ1) is 10.1. The van der Waals surface area contributed by atoms with Gasteiger partial charge in [0.05, 0.1) is 5.75 Å². The summed E-state index contributed by atoms with van der Waals surface area (Å²) < 4.78 is 25.4. The van der Waals surface area contributed by atoms with Crippen LogP contribution in [0, 0.1) is 0 Å². The van der Waals surface area contributed by atoms with Crippen LogP contribution in [0.2, 0.25) is 0 Å². The number of benzene rings is 2. The molecule has 112 valence electrons. The number of sulfonamides is 1. The van der Waals surface area contributed by atoms with Crippen molar-refractivity contribution in [2.24, 2.45) is 0 Å². The lowest BCUT2D eigenvalue weighted by atomic mass is 10.1. The Hall–Kier alpha value is -1.59. The van der Waals surface area contributed by atoms with Crippen molar-refractivity contribution in [2.75, 3.05) is 36.8 Å². The Morgan fingerprint density at radius 1 is 0.952 bits per heavy atom. The standard InChI is InChI=1S/C16H20N2O2S/c1-2-21(19,20)18-12-10-17(11-13-18)16-9-5-7-14-6-3-4-8-15(14)16/h3-9H,2,10-13H2,1H3. The Morgan fingerprint density at radius 3 is 2.33 bits per heavy atom. The zero-order valence-corrected chi connectivity index (χ0v) is 13.0. The van der Waals surface area contributed by atoms with E-state index < -0.39 is 10.0 Å². The maximum absolute atomic E-state index is 11.9. The predicted molar refractivity (Wildman–Crippen MR) is 87.2 cm³/mol. The third-order valence-corrected chi connectivity index (χ3v) is 5.99. The lowest BCUT2D eigenvalue weighted by Crippen LogP contribution is -2.49. The van der Waals surface area contributed by atoms with Crippen LogP contribution in [0.4, 0.5) is 5.69 Å². The number of rotatable bonds is 3. The summed E-state index contributed by atoms with van der Waals surface area (Å²) in [5.41, 5.74) is 1.20. The van der Waals surface area contributed by atoms with Crippen molar-refractivity contribution in [3.8, 4) is 0 Å². The smallest absolute Gasteiger partial charge is 0.213 e. The number of fused-ring (bicyclic) bond motifs is 1. The van der Waals surface area contributed by atoms with Gasteiger partial charge in [0.15, 0.2) is 0 Å². The minimum Gasteiger partial charge on any atom is -0.368 e. The molecule has 5 heteroatoms. The molecule has 1 saturated heterocycles. The first kappa shape index (κ1) is 14.4. The molecule has 3 rings (SSSR count). The van der Waals surface area contributed by atoms with E-state index in [0.717, 1.165) is 13.1 Å². The minimum absolute atomic E-state index is 0.182. The van der Waals surface area contributed by atoms with Crippen molar-refractivity contribution in [3.63, 3.8) is 0 Å². The summed E-state index contributed by atoms with van der Waals surface area (Å²) >= 11 is 0. The molecule has 0 atom stereocenters. The SMILES string of the molecule is CCS(=O)(=O)N1CCN(c2cccc3ccccc23)CC1. The molecule has 1 fully saturated rings. The normalized spacial score (nSPS) is 17.3. The molecule has 2 aromatic carbocycles. The number of anilines is 1. The van der Waals surface area contributed by atoms with E-state index in [1.165, 1.54) is 16.5 Å². The molecule has 1 heterocycles. The molecule has 0 radical (unpaired) electrons. The summed E-state index contributed by atoms with van der Waals surface area (Å²) in [5, 5.41) is 2.45. The van der Waals surface area contributed by atoms with Crippen molar-refractivity contribution >= 4 is 26.5 Å². The van der Waals surface area contributed by atoms with E-state index in [2.05, 4.69) is 35.2 Å². The van der Waals surface area contributed by atoms with Crippen LogP contribution in [0.5, 0.6) is 0 Å². The number of hydrogen-bond acceptors (Lipinski definition) is 3. The van der Waals surface area contributed by atoms with Gasteiger partial charge in [-0.15, -0.1) is 0 Å². The molecule has 2 aromatic rings. The van der Waals surface area contributed by atoms with Gasteiger partial charge in [-0.05, 0) is 18.4 Å². The van der Waals surface area contributed by atoms with Gasteiger partial charge in [-0.3, -0.25) is 0 Å². The molecule has 4 nitrogen and oxygen atoms in total. The lowest BCUT2D eigenvalue weighted by molar-refractivity contribution is 0.386.